The van der Waals surface area contributed by atoms with Gasteiger partial charge in [-0.3, -0.25) is 0 Å². The summed E-state index contributed by atoms with van der Waals surface area (Å²) in [6.45, 7) is 13.7. The molecule has 0 bridgehead atoms. The Labute approximate surface area is 206 Å². The quantitative estimate of drug-likeness (QED) is 0.309. The maximum absolute atomic E-state index is 15.0. The lowest BCUT2D eigenvalue weighted by molar-refractivity contribution is -0.121. The Bertz CT molecular complexity index is 1610. The van der Waals surface area contributed by atoms with E-state index >= 15 is 0 Å². The first-order valence-electron chi connectivity index (χ1n) is 11.7. The second kappa shape index (κ2) is 7.69. The standard InChI is InChI=1S/C28H23FN4OS/c1-15-9-12-23-21(13-15)31-27(35-23)33-26-18(24(32-33)17-7-5-6-8-20(17)29)10-11-19-16(2)25(34)22(30-4)14-28(19,26)3/h5-9,12-14,16,19H,10-11H2,1-3H3/t16-,19-,28-/m1/s1. The molecule has 2 aromatic heterocycles. The van der Waals surface area contributed by atoms with E-state index in [-0.39, 0.29) is 29.1 Å². The van der Waals surface area contributed by atoms with E-state index in [2.05, 4.69) is 23.9 Å². The minimum atomic E-state index is -0.606. The van der Waals surface area contributed by atoms with Gasteiger partial charge in [0, 0.05) is 22.5 Å². The van der Waals surface area contributed by atoms with Crippen molar-refractivity contribution < 1.29 is 9.18 Å². The number of thiazole rings is 1. The Morgan fingerprint density at radius 3 is 2.83 bits per heavy atom. The van der Waals surface area contributed by atoms with Gasteiger partial charge in [0.15, 0.2) is 5.78 Å². The van der Waals surface area contributed by atoms with Gasteiger partial charge < -0.3 is 4.79 Å². The van der Waals surface area contributed by atoms with Crippen LogP contribution in [0.3, 0.4) is 0 Å². The van der Waals surface area contributed by atoms with E-state index in [0.717, 1.165) is 33.5 Å². The zero-order valence-corrected chi connectivity index (χ0v) is 20.5. The molecule has 6 rings (SSSR count). The van der Waals surface area contributed by atoms with Crippen molar-refractivity contribution >= 4 is 27.3 Å². The summed E-state index contributed by atoms with van der Waals surface area (Å²) in [5, 5.41) is 5.68. The molecule has 4 aromatic rings. The highest BCUT2D eigenvalue weighted by Gasteiger charge is 2.51. The maximum atomic E-state index is 15.0. The lowest BCUT2D eigenvalue weighted by Crippen LogP contribution is -2.46. The molecule has 0 saturated heterocycles. The van der Waals surface area contributed by atoms with Gasteiger partial charge in [-0.1, -0.05) is 49.5 Å². The average molecular weight is 483 g/mol. The number of allylic oxidation sites excluding steroid dienone is 2. The van der Waals surface area contributed by atoms with Gasteiger partial charge in [-0.15, -0.1) is 0 Å². The van der Waals surface area contributed by atoms with E-state index in [4.69, 9.17) is 16.7 Å². The molecule has 0 radical (unpaired) electrons. The number of ketones is 1. The molecule has 0 spiro atoms. The van der Waals surface area contributed by atoms with E-state index in [0.29, 0.717) is 22.8 Å². The second-order valence-corrected chi connectivity index (χ2v) is 10.8. The van der Waals surface area contributed by atoms with Crippen LogP contribution < -0.4 is 0 Å². The number of aromatic nitrogens is 3. The molecule has 2 aliphatic carbocycles. The SMILES string of the molecule is [C-]#[N+]C1=C[C@@]2(C)c3c(c(-c4ccccc4F)nn3-c3nc4cc(C)ccc4s3)CC[C@@H]2[C@@H](C)C1=O. The second-order valence-electron chi connectivity index (χ2n) is 9.76. The molecule has 0 N–H and O–H groups in total. The molecular weight excluding hydrogens is 459 g/mol. The number of rotatable bonds is 2. The molecule has 7 heteroatoms. The van der Waals surface area contributed by atoms with Crippen LogP contribution in [0.1, 0.15) is 37.1 Å². The summed E-state index contributed by atoms with van der Waals surface area (Å²) in [5.74, 6) is -0.674. The largest absolute Gasteiger partial charge is 0.308 e. The van der Waals surface area contributed by atoms with Crippen LogP contribution in [0.5, 0.6) is 0 Å². The number of carbonyl (C=O) groups excluding carboxylic acids is 1. The number of carbonyl (C=O) groups is 1. The minimum absolute atomic E-state index is 0.0218. The van der Waals surface area contributed by atoms with Crippen LogP contribution in [-0.4, -0.2) is 20.5 Å². The minimum Gasteiger partial charge on any atom is -0.308 e. The number of Topliss-reactive ketones (excluding diaryl/α,β-unsaturated/α-hetero) is 1. The van der Waals surface area contributed by atoms with E-state index in [9.17, 15) is 9.18 Å². The summed E-state index contributed by atoms with van der Waals surface area (Å²) in [7, 11) is 0. The van der Waals surface area contributed by atoms with Gasteiger partial charge in [-0.05, 0) is 55.5 Å². The van der Waals surface area contributed by atoms with Crippen molar-refractivity contribution in [3.8, 4) is 16.4 Å². The van der Waals surface area contributed by atoms with Gasteiger partial charge in [0.25, 0.3) is 0 Å². The average Bonchev–Trinajstić information content (AvgIpc) is 3.43. The number of benzene rings is 2. The third kappa shape index (κ3) is 3.13. The molecule has 2 aromatic carbocycles. The predicted octanol–water partition coefficient (Wildman–Crippen LogP) is 6.44. The summed E-state index contributed by atoms with van der Waals surface area (Å²) in [6, 6.07) is 12.9. The van der Waals surface area contributed by atoms with Crippen LogP contribution in [0, 0.1) is 31.1 Å². The lowest BCUT2D eigenvalue weighted by Gasteiger charge is -2.45. The fraction of sp³-hybridized carbons (Fsp3) is 0.286. The Balaban J connectivity index is 1.68. The Hall–Kier alpha value is -3.63. The monoisotopic (exact) mass is 482 g/mol. The molecule has 3 atom stereocenters. The van der Waals surface area contributed by atoms with Crippen LogP contribution in [0.2, 0.25) is 0 Å². The highest BCUT2D eigenvalue weighted by molar-refractivity contribution is 7.20. The Morgan fingerprint density at radius 2 is 2.06 bits per heavy atom. The maximum Gasteiger partial charge on any atom is 0.226 e. The van der Waals surface area contributed by atoms with Crippen molar-refractivity contribution in [3.05, 3.63) is 88.3 Å². The van der Waals surface area contributed by atoms with Crippen molar-refractivity contribution in [2.45, 2.75) is 39.0 Å². The number of halogens is 1. The highest BCUT2D eigenvalue weighted by Crippen LogP contribution is 2.52. The van der Waals surface area contributed by atoms with E-state index in [1.807, 2.05) is 36.7 Å². The lowest BCUT2D eigenvalue weighted by atomic mass is 9.58. The van der Waals surface area contributed by atoms with Gasteiger partial charge in [0.05, 0.1) is 28.2 Å². The van der Waals surface area contributed by atoms with E-state index in [1.165, 1.54) is 17.4 Å². The zero-order chi connectivity index (χ0) is 24.5. The molecule has 0 unspecified atom stereocenters. The van der Waals surface area contributed by atoms with Gasteiger partial charge in [-0.25, -0.2) is 18.9 Å². The van der Waals surface area contributed by atoms with Crippen molar-refractivity contribution in [3.63, 3.8) is 0 Å². The molecule has 0 saturated carbocycles. The van der Waals surface area contributed by atoms with Crippen LogP contribution >= 0.6 is 11.3 Å². The van der Waals surface area contributed by atoms with E-state index < -0.39 is 5.41 Å². The first kappa shape index (κ1) is 21.9. The fourth-order valence-corrected chi connectivity index (χ4v) is 6.85. The fourth-order valence-electron chi connectivity index (χ4n) is 5.94. The molecule has 0 amide bonds. The summed E-state index contributed by atoms with van der Waals surface area (Å²) >= 11 is 1.54. The van der Waals surface area contributed by atoms with Crippen molar-refractivity contribution in [1.29, 1.82) is 0 Å². The molecule has 2 aliphatic rings. The molecular formula is C28H23FN4OS. The molecule has 0 fully saturated rings. The third-order valence-electron chi connectivity index (χ3n) is 7.64. The number of hydrogen-bond donors (Lipinski definition) is 0. The van der Waals surface area contributed by atoms with Crippen LogP contribution in [0.4, 0.5) is 4.39 Å². The summed E-state index contributed by atoms with van der Waals surface area (Å²) < 4.78 is 17.9. The predicted molar refractivity (Wildman–Crippen MR) is 135 cm³/mol. The van der Waals surface area contributed by atoms with Crippen molar-refractivity contribution in [2.75, 3.05) is 0 Å². The summed E-state index contributed by atoms with van der Waals surface area (Å²) in [4.78, 5) is 21.3. The first-order chi connectivity index (χ1) is 16.8. The topological polar surface area (TPSA) is 52.1 Å². The number of nitrogens with zero attached hydrogens (tertiary/aromatic N) is 4. The molecule has 174 valence electrons. The van der Waals surface area contributed by atoms with E-state index in [1.54, 1.807) is 12.1 Å². The normalized spacial score (nSPS) is 23.5. The summed E-state index contributed by atoms with van der Waals surface area (Å²) in [6.07, 6.45) is 3.28. The van der Waals surface area contributed by atoms with Crippen molar-refractivity contribution in [1.82, 2.24) is 14.8 Å². The van der Waals surface area contributed by atoms with Gasteiger partial charge in [-0.2, -0.15) is 5.10 Å². The third-order valence-corrected chi connectivity index (χ3v) is 8.65. The molecule has 5 nitrogen and oxygen atoms in total. The van der Waals surface area contributed by atoms with Gasteiger partial charge >= 0.3 is 0 Å². The number of fused-ring (bicyclic) bond motifs is 4. The Kier molecular flexibility index (Phi) is 4.81. The zero-order valence-electron chi connectivity index (χ0n) is 19.7. The highest BCUT2D eigenvalue weighted by atomic mass is 32.1. The smallest absolute Gasteiger partial charge is 0.226 e. The first-order valence-corrected chi connectivity index (χ1v) is 12.5. The van der Waals surface area contributed by atoms with Crippen LogP contribution in [0.15, 0.2) is 54.2 Å². The van der Waals surface area contributed by atoms with Crippen molar-refractivity contribution in [2.24, 2.45) is 11.8 Å². The van der Waals surface area contributed by atoms with Crippen LogP contribution in [-0.2, 0) is 16.6 Å². The van der Waals surface area contributed by atoms with Crippen LogP contribution in [0.25, 0.3) is 31.5 Å². The Morgan fingerprint density at radius 1 is 1.26 bits per heavy atom. The van der Waals surface area contributed by atoms with Gasteiger partial charge in [0.1, 0.15) is 5.82 Å². The van der Waals surface area contributed by atoms with Gasteiger partial charge in [0.2, 0.25) is 10.8 Å². The number of aryl methyl sites for hydroxylation is 1. The molecule has 0 aliphatic heterocycles. The molecule has 2 heterocycles. The molecule has 35 heavy (non-hydrogen) atoms. The summed E-state index contributed by atoms with van der Waals surface area (Å²) in [5.41, 5.74) is 4.51. The number of hydrogen-bond acceptors (Lipinski definition) is 4.